The first-order valence-electron chi connectivity index (χ1n) is 8.13. The number of nitrogens with zero attached hydrogens (tertiary/aromatic N) is 3. The minimum Gasteiger partial charge on any atom is -0.497 e. The standard InChI is InChI=1S/C18H17N5O4S/c1-26-12-4-5-13(14(9-12)27-2)22-15(24)8-11-10-28-18(21-11)23-17(25)16-19-6-3-7-20-16/h3-7,9-10H,8H2,1-2H3,(H,22,24)(H,21,23,25). The average Bonchev–Trinajstić information content (AvgIpc) is 3.15. The number of hydrogen-bond donors (Lipinski definition) is 2. The van der Waals surface area contributed by atoms with Gasteiger partial charge in [0.25, 0.3) is 5.91 Å². The van der Waals surface area contributed by atoms with Crippen LogP contribution >= 0.6 is 11.3 Å². The molecule has 0 spiro atoms. The second kappa shape index (κ2) is 8.91. The van der Waals surface area contributed by atoms with Crippen LogP contribution in [0, 0.1) is 0 Å². The Morgan fingerprint density at radius 2 is 1.89 bits per heavy atom. The molecule has 9 nitrogen and oxygen atoms in total. The number of hydrogen-bond acceptors (Lipinski definition) is 8. The average molecular weight is 399 g/mol. The van der Waals surface area contributed by atoms with Gasteiger partial charge in [-0.15, -0.1) is 11.3 Å². The van der Waals surface area contributed by atoms with Crippen LogP contribution < -0.4 is 20.1 Å². The summed E-state index contributed by atoms with van der Waals surface area (Å²) in [4.78, 5) is 36.3. The van der Waals surface area contributed by atoms with E-state index < -0.39 is 5.91 Å². The number of carbonyl (C=O) groups excluding carboxylic acids is 2. The molecule has 144 valence electrons. The number of nitrogens with one attached hydrogen (secondary N) is 2. The molecule has 0 saturated heterocycles. The lowest BCUT2D eigenvalue weighted by molar-refractivity contribution is -0.115. The molecule has 0 unspecified atom stereocenters. The van der Waals surface area contributed by atoms with Crippen LogP contribution in [0.5, 0.6) is 11.5 Å². The Bertz CT molecular complexity index is 977. The maximum Gasteiger partial charge on any atom is 0.295 e. The molecule has 2 N–H and O–H groups in total. The zero-order valence-corrected chi connectivity index (χ0v) is 15.9. The second-order valence-electron chi connectivity index (χ2n) is 5.46. The Hall–Kier alpha value is -3.53. The summed E-state index contributed by atoms with van der Waals surface area (Å²) in [6, 6.07) is 6.72. The van der Waals surface area contributed by atoms with Gasteiger partial charge in [0.2, 0.25) is 11.7 Å². The maximum atomic E-state index is 12.3. The predicted molar refractivity (Wildman–Crippen MR) is 104 cm³/mol. The monoisotopic (exact) mass is 399 g/mol. The fourth-order valence-electron chi connectivity index (χ4n) is 2.28. The van der Waals surface area contributed by atoms with E-state index >= 15 is 0 Å². The normalized spacial score (nSPS) is 10.2. The highest BCUT2D eigenvalue weighted by Gasteiger charge is 2.14. The lowest BCUT2D eigenvalue weighted by Crippen LogP contribution is -2.16. The number of benzene rings is 1. The van der Waals surface area contributed by atoms with Crippen LogP contribution in [0.1, 0.15) is 16.3 Å². The van der Waals surface area contributed by atoms with Gasteiger partial charge in [0.1, 0.15) is 11.5 Å². The van der Waals surface area contributed by atoms with Crippen LogP contribution in [-0.2, 0) is 11.2 Å². The summed E-state index contributed by atoms with van der Waals surface area (Å²) >= 11 is 1.21. The van der Waals surface area contributed by atoms with Gasteiger partial charge in [-0.25, -0.2) is 15.0 Å². The molecule has 2 aromatic heterocycles. The quantitative estimate of drug-likeness (QED) is 0.627. The third-order valence-electron chi connectivity index (χ3n) is 3.57. The molecule has 0 atom stereocenters. The molecule has 10 heteroatoms. The van der Waals surface area contributed by atoms with Crippen molar-refractivity contribution < 1.29 is 19.1 Å². The molecule has 0 aliphatic heterocycles. The summed E-state index contributed by atoms with van der Waals surface area (Å²) < 4.78 is 10.4. The van der Waals surface area contributed by atoms with Crippen LogP contribution in [0.2, 0.25) is 0 Å². The van der Waals surface area contributed by atoms with Gasteiger partial charge < -0.3 is 14.8 Å². The van der Waals surface area contributed by atoms with Crippen LogP contribution in [0.3, 0.4) is 0 Å². The zero-order valence-electron chi connectivity index (χ0n) is 15.1. The zero-order chi connectivity index (χ0) is 19.9. The van der Waals surface area contributed by atoms with Gasteiger partial charge in [-0.3, -0.25) is 14.9 Å². The minimum absolute atomic E-state index is 0.0450. The highest BCUT2D eigenvalue weighted by Crippen LogP contribution is 2.29. The van der Waals surface area contributed by atoms with E-state index in [-0.39, 0.29) is 18.2 Å². The largest absolute Gasteiger partial charge is 0.497 e. The molecule has 0 aliphatic carbocycles. The van der Waals surface area contributed by atoms with E-state index in [0.717, 1.165) is 0 Å². The summed E-state index contributed by atoms with van der Waals surface area (Å²) in [5.74, 6) is 0.425. The molecule has 0 aliphatic rings. The molecule has 3 rings (SSSR count). The first-order chi connectivity index (χ1) is 13.6. The highest BCUT2D eigenvalue weighted by atomic mass is 32.1. The van der Waals surface area contributed by atoms with E-state index in [1.807, 2.05) is 0 Å². The van der Waals surface area contributed by atoms with Crippen molar-refractivity contribution in [3.8, 4) is 11.5 Å². The van der Waals surface area contributed by atoms with Crippen molar-refractivity contribution in [1.82, 2.24) is 15.0 Å². The van der Waals surface area contributed by atoms with Crippen molar-refractivity contribution in [3.63, 3.8) is 0 Å². The van der Waals surface area contributed by atoms with E-state index in [9.17, 15) is 9.59 Å². The lowest BCUT2D eigenvalue weighted by Gasteiger charge is -2.11. The summed E-state index contributed by atoms with van der Waals surface area (Å²) in [7, 11) is 3.06. The summed E-state index contributed by atoms with van der Waals surface area (Å²) in [5.41, 5.74) is 1.05. The number of carbonyl (C=O) groups is 2. The molecule has 2 amide bonds. The third-order valence-corrected chi connectivity index (χ3v) is 4.37. The van der Waals surface area contributed by atoms with Crippen molar-refractivity contribution in [1.29, 1.82) is 0 Å². The number of anilines is 2. The Morgan fingerprint density at radius 1 is 1.11 bits per heavy atom. The van der Waals surface area contributed by atoms with Crippen molar-refractivity contribution in [2.75, 3.05) is 24.9 Å². The fourth-order valence-corrected chi connectivity index (χ4v) is 2.98. The smallest absolute Gasteiger partial charge is 0.295 e. The van der Waals surface area contributed by atoms with Crippen LogP contribution in [0.25, 0.3) is 0 Å². The highest BCUT2D eigenvalue weighted by molar-refractivity contribution is 7.14. The van der Waals surface area contributed by atoms with Crippen molar-refractivity contribution in [2.45, 2.75) is 6.42 Å². The molecule has 2 heterocycles. The topological polar surface area (TPSA) is 115 Å². The SMILES string of the molecule is COc1ccc(NC(=O)Cc2csc(NC(=O)c3ncccn3)n2)c(OC)c1. The van der Waals surface area contributed by atoms with Gasteiger partial charge in [-0.05, 0) is 18.2 Å². The van der Waals surface area contributed by atoms with E-state index in [1.54, 1.807) is 36.8 Å². The van der Waals surface area contributed by atoms with Gasteiger partial charge >= 0.3 is 0 Å². The molecule has 1 aromatic carbocycles. The van der Waals surface area contributed by atoms with Crippen molar-refractivity contribution in [2.24, 2.45) is 0 Å². The summed E-state index contributed by atoms with van der Waals surface area (Å²) in [6.45, 7) is 0. The first kappa shape index (κ1) is 19.2. The van der Waals surface area contributed by atoms with Gasteiger partial charge in [0.15, 0.2) is 5.13 Å². The Labute approximate surface area is 164 Å². The van der Waals surface area contributed by atoms with E-state index in [4.69, 9.17) is 9.47 Å². The lowest BCUT2D eigenvalue weighted by atomic mass is 10.2. The number of thiazole rings is 1. The maximum absolute atomic E-state index is 12.3. The fraction of sp³-hybridized carbons (Fsp3) is 0.167. The van der Waals surface area contributed by atoms with E-state index in [2.05, 4.69) is 25.6 Å². The first-order valence-corrected chi connectivity index (χ1v) is 9.01. The Morgan fingerprint density at radius 3 is 2.61 bits per heavy atom. The molecule has 3 aromatic rings. The van der Waals surface area contributed by atoms with Gasteiger partial charge in [-0.1, -0.05) is 0 Å². The number of methoxy groups -OCH3 is 2. The van der Waals surface area contributed by atoms with Gasteiger partial charge in [0.05, 0.1) is 32.0 Å². The van der Waals surface area contributed by atoms with Crippen molar-refractivity contribution >= 4 is 34.0 Å². The minimum atomic E-state index is -0.464. The third kappa shape index (κ3) is 4.80. The summed E-state index contributed by atoms with van der Waals surface area (Å²) in [6.07, 6.45) is 3.00. The van der Waals surface area contributed by atoms with Crippen LogP contribution in [-0.4, -0.2) is 41.0 Å². The molecule has 0 saturated carbocycles. The second-order valence-corrected chi connectivity index (χ2v) is 6.32. The van der Waals surface area contributed by atoms with Crippen LogP contribution in [0.15, 0.2) is 42.0 Å². The number of rotatable bonds is 7. The molecule has 0 radical (unpaired) electrons. The number of ether oxygens (including phenoxy) is 2. The molecular formula is C18H17N5O4S. The van der Waals surface area contributed by atoms with E-state index in [0.29, 0.717) is 28.0 Å². The molecule has 0 bridgehead atoms. The summed E-state index contributed by atoms with van der Waals surface area (Å²) in [5, 5.41) is 7.45. The molecular weight excluding hydrogens is 382 g/mol. The van der Waals surface area contributed by atoms with Crippen molar-refractivity contribution in [3.05, 3.63) is 53.6 Å². The van der Waals surface area contributed by atoms with E-state index in [1.165, 1.54) is 30.8 Å². The van der Waals surface area contributed by atoms with Gasteiger partial charge in [-0.2, -0.15) is 0 Å². The number of aromatic nitrogens is 3. The molecule has 28 heavy (non-hydrogen) atoms. The Balaban J connectivity index is 1.60. The molecule has 0 fully saturated rings. The van der Waals surface area contributed by atoms with Gasteiger partial charge in [0, 0.05) is 23.8 Å². The number of amides is 2. The van der Waals surface area contributed by atoms with Crippen LogP contribution in [0.4, 0.5) is 10.8 Å². The predicted octanol–water partition coefficient (Wildman–Crippen LogP) is 2.38. The Kier molecular flexibility index (Phi) is 6.12.